The van der Waals surface area contributed by atoms with Gasteiger partial charge >= 0.3 is 0 Å². The van der Waals surface area contributed by atoms with Gasteiger partial charge in [-0.1, -0.05) is 34.6 Å². The molecule has 0 amide bonds. The van der Waals surface area contributed by atoms with Crippen molar-refractivity contribution in [2.45, 2.75) is 72.0 Å². The Morgan fingerprint density at radius 3 is 2.33 bits per heavy atom. The van der Waals surface area contributed by atoms with E-state index in [1.807, 2.05) is 6.20 Å². The largest absolute Gasteiger partial charge is 0.482 e. The minimum atomic E-state index is -0.194. The molecule has 150 valence electrons. The molecule has 1 atom stereocenters. The van der Waals surface area contributed by atoms with E-state index in [4.69, 9.17) is 14.5 Å². The van der Waals surface area contributed by atoms with Crippen molar-refractivity contribution in [3.05, 3.63) is 29.7 Å². The van der Waals surface area contributed by atoms with Crippen LogP contribution < -0.4 is 15.0 Å². The number of nitrogens with one attached hydrogen (secondary N) is 1. The Balaban J connectivity index is 2.54. The first kappa shape index (κ1) is 21.2. The summed E-state index contributed by atoms with van der Waals surface area (Å²) in [6, 6.07) is 4.52. The minimum absolute atomic E-state index is 0.194. The van der Waals surface area contributed by atoms with Crippen molar-refractivity contribution in [3.63, 3.8) is 0 Å². The summed E-state index contributed by atoms with van der Waals surface area (Å²) >= 11 is 0. The highest BCUT2D eigenvalue weighted by Gasteiger charge is 2.33. The van der Waals surface area contributed by atoms with Crippen molar-refractivity contribution < 1.29 is 9.47 Å². The Kier molecular flexibility index (Phi) is 7.66. The maximum atomic E-state index is 5.67. The lowest BCUT2D eigenvalue weighted by Gasteiger charge is -2.39. The number of anilines is 1. The molecule has 2 rings (SSSR count). The maximum absolute atomic E-state index is 5.67. The highest BCUT2D eigenvalue weighted by Crippen LogP contribution is 2.35. The molecule has 2 heterocycles. The van der Waals surface area contributed by atoms with Crippen LogP contribution in [-0.4, -0.2) is 37.3 Å². The fourth-order valence-corrected chi connectivity index (χ4v) is 3.26. The van der Waals surface area contributed by atoms with Gasteiger partial charge in [0.05, 0.1) is 20.4 Å². The van der Waals surface area contributed by atoms with Crippen molar-refractivity contribution in [1.82, 2.24) is 10.3 Å². The second-order valence-corrected chi connectivity index (χ2v) is 7.02. The van der Waals surface area contributed by atoms with Crippen LogP contribution in [0.25, 0.3) is 0 Å². The van der Waals surface area contributed by atoms with Crippen LogP contribution in [0, 0.1) is 0 Å². The predicted molar refractivity (Wildman–Crippen MR) is 111 cm³/mol. The standard InChI is InChI=1S/C21H34N4O2/c1-8-15(9-2)23-19-21(27-7)22-13-16(10-3)25(19)18-12-11-17(14(4)5)24-20(18)26-6/h11-15,19,23H,8-10H2,1-7H3. The molecule has 6 heteroatoms. The fraction of sp³-hybridized carbons (Fsp3) is 0.619. The van der Waals surface area contributed by atoms with Crippen LogP contribution in [0.1, 0.15) is 65.5 Å². The van der Waals surface area contributed by atoms with E-state index in [0.717, 1.165) is 36.3 Å². The molecule has 0 saturated heterocycles. The molecule has 6 nitrogen and oxygen atoms in total. The van der Waals surface area contributed by atoms with Crippen molar-refractivity contribution in [1.29, 1.82) is 0 Å². The third-order valence-electron chi connectivity index (χ3n) is 5.00. The van der Waals surface area contributed by atoms with Crippen molar-refractivity contribution in [3.8, 4) is 5.88 Å². The Hall–Kier alpha value is -2.08. The molecule has 0 saturated carbocycles. The number of methoxy groups -OCH3 is 2. The van der Waals surface area contributed by atoms with E-state index in [2.05, 4.69) is 62.0 Å². The van der Waals surface area contributed by atoms with Gasteiger partial charge in [0, 0.05) is 17.4 Å². The third-order valence-corrected chi connectivity index (χ3v) is 5.00. The van der Waals surface area contributed by atoms with Crippen molar-refractivity contribution >= 4 is 11.6 Å². The average molecular weight is 375 g/mol. The lowest BCUT2D eigenvalue weighted by molar-refractivity contribution is 0.344. The molecule has 0 aliphatic carbocycles. The van der Waals surface area contributed by atoms with Gasteiger partial charge in [-0.05, 0) is 37.3 Å². The molecule has 1 aromatic heterocycles. The van der Waals surface area contributed by atoms with E-state index in [1.54, 1.807) is 14.2 Å². The van der Waals surface area contributed by atoms with Crippen molar-refractivity contribution in [2.24, 2.45) is 4.99 Å². The molecule has 1 aliphatic rings. The highest BCUT2D eigenvalue weighted by molar-refractivity contribution is 5.88. The monoisotopic (exact) mass is 374 g/mol. The lowest BCUT2D eigenvalue weighted by Crippen LogP contribution is -2.55. The van der Waals surface area contributed by atoms with Crippen LogP contribution in [0.5, 0.6) is 5.88 Å². The Morgan fingerprint density at radius 2 is 1.81 bits per heavy atom. The van der Waals surface area contributed by atoms with Gasteiger partial charge in [0.2, 0.25) is 11.8 Å². The molecular weight excluding hydrogens is 340 g/mol. The van der Waals surface area contributed by atoms with E-state index in [0.29, 0.717) is 23.7 Å². The van der Waals surface area contributed by atoms with Gasteiger partial charge in [-0.2, -0.15) is 0 Å². The SMILES string of the molecule is CCC1=CN=C(OC)C(NC(CC)CC)N1c1ccc(C(C)C)nc1OC. The van der Waals surface area contributed by atoms with Crippen LogP contribution in [0.4, 0.5) is 5.69 Å². The zero-order chi connectivity index (χ0) is 20.0. The van der Waals surface area contributed by atoms with Crippen LogP contribution in [0.3, 0.4) is 0 Å². The number of aromatic nitrogens is 1. The number of ether oxygens (including phenoxy) is 2. The molecule has 1 aromatic rings. The molecule has 1 N–H and O–H groups in total. The van der Waals surface area contributed by atoms with Gasteiger partial charge in [0.25, 0.3) is 0 Å². The third kappa shape index (κ3) is 4.61. The molecule has 1 unspecified atom stereocenters. The van der Waals surface area contributed by atoms with Crippen molar-refractivity contribution in [2.75, 3.05) is 19.1 Å². The Bertz CT molecular complexity index is 681. The number of rotatable bonds is 8. The molecule has 0 spiro atoms. The predicted octanol–water partition coefficient (Wildman–Crippen LogP) is 4.43. The van der Waals surface area contributed by atoms with E-state index in [1.165, 1.54) is 0 Å². The summed E-state index contributed by atoms with van der Waals surface area (Å²) in [5.74, 6) is 1.61. The zero-order valence-electron chi connectivity index (χ0n) is 17.7. The molecule has 0 fully saturated rings. The molecule has 0 aromatic carbocycles. The van der Waals surface area contributed by atoms with Crippen LogP contribution in [0.2, 0.25) is 0 Å². The van der Waals surface area contributed by atoms with Gasteiger partial charge in [-0.3, -0.25) is 5.32 Å². The maximum Gasteiger partial charge on any atom is 0.237 e. The van der Waals surface area contributed by atoms with E-state index in [-0.39, 0.29) is 6.17 Å². The van der Waals surface area contributed by atoms with Crippen LogP contribution in [-0.2, 0) is 4.74 Å². The number of hydrogen-bond acceptors (Lipinski definition) is 6. The number of pyridine rings is 1. The van der Waals surface area contributed by atoms with E-state index < -0.39 is 0 Å². The number of nitrogens with zero attached hydrogens (tertiary/aromatic N) is 3. The fourth-order valence-electron chi connectivity index (χ4n) is 3.26. The molecule has 1 aliphatic heterocycles. The zero-order valence-corrected chi connectivity index (χ0v) is 17.7. The normalized spacial score (nSPS) is 17.2. The summed E-state index contributed by atoms with van der Waals surface area (Å²) in [6.07, 6.45) is 4.59. The van der Waals surface area contributed by atoms with Gasteiger partial charge < -0.3 is 14.4 Å². The number of allylic oxidation sites excluding steroid dienone is 1. The van der Waals surface area contributed by atoms with Gasteiger partial charge in [-0.15, -0.1) is 0 Å². The smallest absolute Gasteiger partial charge is 0.237 e. The van der Waals surface area contributed by atoms with E-state index >= 15 is 0 Å². The van der Waals surface area contributed by atoms with Gasteiger partial charge in [-0.25, -0.2) is 9.98 Å². The molecule has 0 bridgehead atoms. The topological polar surface area (TPSA) is 59.0 Å². The first-order valence-corrected chi connectivity index (χ1v) is 9.91. The number of hydrogen-bond donors (Lipinski definition) is 1. The quantitative estimate of drug-likeness (QED) is 0.729. The minimum Gasteiger partial charge on any atom is -0.482 e. The first-order valence-electron chi connectivity index (χ1n) is 9.91. The van der Waals surface area contributed by atoms with Gasteiger partial charge in [0.15, 0.2) is 6.17 Å². The second kappa shape index (κ2) is 9.74. The molecule has 0 radical (unpaired) electrons. The number of aliphatic imine (C=N–C) groups is 1. The van der Waals surface area contributed by atoms with Gasteiger partial charge in [0.1, 0.15) is 5.69 Å². The summed E-state index contributed by atoms with van der Waals surface area (Å²) in [6.45, 7) is 10.8. The average Bonchev–Trinajstić information content (AvgIpc) is 2.70. The molecular formula is C21H34N4O2. The lowest BCUT2D eigenvalue weighted by atomic mass is 10.1. The summed E-state index contributed by atoms with van der Waals surface area (Å²) in [7, 11) is 3.34. The highest BCUT2D eigenvalue weighted by atomic mass is 16.5. The van der Waals surface area contributed by atoms with Crippen LogP contribution in [0.15, 0.2) is 29.0 Å². The summed E-state index contributed by atoms with van der Waals surface area (Å²) < 4.78 is 11.3. The second-order valence-electron chi connectivity index (χ2n) is 7.02. The Labute approximate surface area is 163 Å². The summed E-state index contributed by atoms with van der Waals surface area (Å²) in [5, 5.41) is 3.70. The summed E-state index contributed by atoms with van der Waals surface area (Å²) in [5.41, 5.74) is 3.03. The van der Waals surface area contributed by atoms with E-state index in [9.17, 15) is 0 Å². The summed E-state index contributed by atoms with van der Waals surface area (Å²) in [4.78, 5) is 11.5. The first-order chi connectivity index (χ1) is 13.0. The molecule has 27 heavy (non-hydrogen) atoms. The Morgan fingerprint density at radius 1 is 1.11 bits per heavy atom. The van der Waals surface area contributed by atoms with Crippen LogP contribution >= 0.6 is 0 Å².